The van der Waals surface area contributed by atoms with Crippen LogP contribution in [0.15, 0.2) is 24.3 Å². The Morgan fingerprint density at radius 2 is 2.17 bits per heavy atom. The standard InChI is InChI=1S/C18H22N2O2S/c1-4-18(15-8-6-5-7-14(15)9-10-22-18)11-19-17(21)16-12(2)20-23-13(16)3/h5-8H,4,9-11H2,1-3H3,(H,19,21). The van der Waals surface area contributed by atoms with Crippen molar-refractivity contribution in [1.29, 1.82) is 0 Å². The van der Waals surface area contributed by atoms with Crippen molar-refractivity contribution >= 4 is 17.4 Å². The largest absolute Gasteiger partial charge is 0.368 e. The Balaban J connectivity index is 1.83. The van der Waals surface area contributed by atoms with Crippen LogP contribution in [0.3, 0.4) is 0 Å². The lowest BCUT2D eigenvalue weighted by atomic mass is 9.84. The summed E-state index contributed by atoms with van der Waals surface area (Å²) in [5.41, 5.74) is 3.58. The molecular formula is C18H22N2O2S. The maximum absolute atomic E-state index is 12.6. The Morgan fingerprint density at radius 1 is 1.39 bits per heavy atom. The molecule has 0 aliphatic carbocycles. The van der Waals surface area contributed by atoms with Crippen molar-refractivity contribution in [2.24, 2.45) is 0 Å². The predicted molar refractivity (Wildman–Crippen MR) is 92.0 cm³/mol. The zero-order valence-electron chi connectivity index (χ0n) is 13.8. The summed E-state index contributed by atoms with van der Waals surface area (Å²) in [5.74, 6) is -0.0618. The quantitative estimate of drug-likeness (QED) is 0.935. The second kappa shape index (κ2) is 6.42. The van der Waals surface area contributed by atoms with Crippen molar-refractivity contribution < 1.29 is 9.53 Å². The number of aromatic nitrogens is 1. The molecule has 4 nitrogen and oxygen atoms in total. The molecule has 2 aromatic rings. The third kappa shape index (κ3) is 2.91. The van der Waals surface area contributed by atoms with E-state index in [9.17, 15) is 4.79 Å². The van der Waals surface area contributed by atoms with Gasteiger partial charge in [-0.05, 0) is 49.3 Å². The molecule has 0 saturated heterocycles. The van der Waals surface area contributed by atoms with E-state index in [1.165, 1.54) is 22.7 Å². The Kier molecular flexibility index (Phi) is 4.50. The van der Waals surface area contributed by atoms with Crippen LogP contribution in [0.1, 0.15) is 45.4 Å². The lowest BCUT2D eigenvalue weighted by Crippen LogP contribution is -2.45. The highest BCUT2D eigenvalue weighted by molar-refractivity contribution is 7.06. The highest BCUT2D eigenvalue weighted by Crippen LogP contribution is 2.35. The Labute approximate surface area is 141 Å². The smallest absolute Gasteiger partial charge is 0.254 e. The van der Waals surface area contributed by atoms with Gasteiger partial charge in [0.15, 0.2) is 0 Å². The molecule has 1 aliphatic heterocycles. The fraction of sp³-hybridized carbons (Fsp3) is 0.444. The topological polar surface area (TPSA) is 51.2 Å². The molecule has 1 unspecified atom stereocenters. The molecule has 23 heavy (non-hydrogen) atoms. The van der Waals surface area contributed by atoms with E-state index in [4.69, 9.17) is 4.74 Å². The van der Waals surface area contributed by atoms with Crippen molar-refractivity contribution in [1.82, 2.24) is 9.69 Å². The fourth-order valence-electron chi connectivity index (χ4n) is 3.30. The number of carbonyl (C=O) groups excluding carboxylic acids is 1. The number of hydrogen-bond donors (Lipinski definition) is 1. The normalized spacial score (nSPS) is 20.1. The van der Waals surface area contributed by atoms with Crippen LogP contribution in [0.4, 0.5) is 0 Å². The second-order valence-electron chi connectivity index (χ2n) is 5.99. The average molecular weight is 330 g/mol. The van der Waals surface area contributed by atoms with Gasteiger partial charge in [-0.3, -0.25) is 4.79 Å². The monoisotopic (exact) mass is 330 g/mol. The van der Waals surface area contributed by atoms with Crippen LogP contribution >= 0.6 is 11.5 Å². The number of nitrogens with one attached hydrogen (secondary N) is 1. The van der Waals surface area contributed by atoms with Gasteiger partial charge in [-0.2, -0.15) is 4.37 Å². The summed E-state index contributed by atoms with van der Waals surface area (Å²) in [6.45, 7) is 7.09. The summed E-state index contributed by atoms with van der Waals surface area (Å²) >= 11 is 1.37. The van der Waals surface area contributed by atoms with Gasteiger partial charge in [0, 0.05) is 4.88 Å². The van der Waals surface area contributed by atoms with Crippen LogP contribution in [0, 0.1) is 13.8 Å². The summed E-state index contributed by atoms with van der Waals surface area (Å²) in [6, 6.07) is 8.37. The van der Waals surface area contributed by atoms with Crippen LogP contribution in [0.25, 0.3) is 0 Å². The van der Waals surface area contributed by atoms with Crippen molar-refractivity contribution in [2.45, 2.75) is 39.2 Å². The molecule has 0 bridgehead atoms. The number of hydrogen-bond acceptors (Lipinski definition) is 4. The highest BCUT2D eigenvalue weighted by Gasteiger charge is 2.36. The van der Waals surface area contributed by atoms with E-state index in [1.54, 1.807) is 0 Å². The van der Waals surface area contributed by atoms with Crippen LogP contribution < -0.4 is 5.32 Å². The van der Waals surface area contributed by atoms with E-state index in [-0.39, 0.29) is 5.91 Å². The average Bonchev–Trinajstić information content (AvgIpc) is 2.91. The lowest BCUT2D eigenvalue weighted by Gasteiger charge is -2.38. The Morgan fingerprint density at radius 3 is 2.87 bits per heavy atom. The van der Waals surface area contributed by atoms with Gasteiger partial charge in [0.1, 0.15) is 5.60 Å². The maximum atomic E-state index is 12.6. The molecule has 2 heterocycles. The van der Waals surface area contributed by atoms with Crippen LogP contribution in [0.5, 0.6) is 0 Å². The molecule has 1 aromatic heterocycles. The first-order valence-corrected chi connectivity index (χ1v) is 8.78. The summed E-state index contributed by atoms with van der Waals surface area (Å²) in [5, 5.41) is 3.07. The first-order chi connectivity index (χ1) is 11.1. The molecule has 5 heteroatoms. The second-order valence-corrected chi connectivity index (χ2v) is 6.96. The zero-order chi connectivity index (χ0) is 16.4. The van der Waals surface area contributed by atoms with Crippen LogP contribution in [-0.2, 0) is 16.8 Å². The predicted octanol–water partition coefficient (Wildman–Crippen LogP) is 3.37. The zero-order valence-corrected chi connectivity index (χ0v) is 14.6. The van der Waals surface area contributed by atoms with Crippen molar-refractivity contribution in [3.8, 4) is 0 Å². The molecule has 1 aromatic carbocycles. The number of ether oxygens (including phenoxy) is 1. The number of rotatable bonds is 4. The summed E-state index contributed by atoms with van der Waals surface area (Å²) in [4.78, 5) is 13.5. The van der Waals surface area contributed by atoms with Crippen molar-refractivity contribution in [2.75, 3.05) is 13.2 Å². The minimum absolute atomic E-state index is 0.0618. The summed E-state index contributed by atoms with van der Waals surface area (Å²) in [6.07, 6.45) is 1.75. The van der Waals surface area contributed by atoms with Gasteiger partial charge >= 0.3 is 0 Å². The van der Waals surface area contributed by atoms with E-state index in [0.29, 0.717) is 18.7 Å². The molecule has 3 rings (SSSR count). The van der Waals surface area contributed by atoms with Crippen LogP contribution in [0.2, 0.25) is 0 Å². The van der Waals surface area contributed by atoms with Gasteiger partial charge in [-0.1, -0.05) is 31.2 Å². The number of carbonyl (C=O) groups is 1. The molecule has 0 saturated carbocycles. The third-order valence-electron chi connectivity index (χ3n) is 4.62. The van der Waals surface area contributed by atoms with E-state index < -0.39 is 5.60 Å². The van der Waals surface area contributed by atoms with Crippen molar-refractivity contribution in [3.63, 3.8) is 0 Å². The Bertz CT molecular complexity index is 706. The summed E-state index contributed by atoms with van der Waals surface area (Å²) in [7, 11) is 0. The molecule has 122 valence electrons. The Hall–Kier alpha value is -1.72. The SMILES string of the molecule is CCC1(CNC(=O)c2c(C)nsc2C)OCCc2ccccc21. The third-order valence-corrected chi connectivity index (χ3v) is 5.47. The molecule has 1 atom stereocenters. The number of nitrogens with zero attached hydrogens (tertiary/aromatic N) is 1. The summed E-state index contributed by atoms with van der Waals surface area (Å²) < 4.78 is 10.4. The van der Waals surface area contributed by atoms with Gasteiger partial charge in [-0.15, -0.1) is 0 Å². The number of benzene rings is 1. The van der Waals surface area contributed by atoms with Gasteiger partial charge in [0.2, 0.25) is 0 Å². The molecule has 0 radical (unpaired) electrons. The number of fused-ring (bicyclic) bond motifs is 1. The lowest BCUT2D eigenvalue weighted by molar-refractivity contribution is -0.0606. The molecule has 0 fully saturated rings. The molecule has 1 amide bonds. The number of amides is 1. The number of aryl methyl sites for hydroxylation is 2. The van der Waals surface area contributed by atoms with E-state index in [2.05, 4.69) is 34.8 Å². The van der Waals surface area contributed by atoms with Gasteiger partial charge in [0.05, 0.1) is 24.4 Å². The highest BCUT2D eigenvalue weighted by atomic mass is 32.1. The molecule has 0 spiro atoms. The van der Waals surface area contributed by atoms with Crippen LogP contribution in [-0.4, -0.2) is 23.4 Å². The fourth-order valence-corrected chi connectivity index (χ4v) is 4.00. The van der Waals surface area contributed by atoms with E-state index in [1.807, 2.05) is 19.9 Å². The first-order valence-electron chi connectivity index (χ1n) is 8.01. The molecule has 1 aliphatic rings. The van der Waals surface area contributed by atoms with Crippen molar-refractivity contribution in [3.05, 3.63) is 51.5 Å². The van der Waals surface area contributed by atoms with E-state index >= 15 is 0 Å². The molecule has 1 N–H and O–H groups in total. The minimum atomic E-state index is -0.435. The maximum Gasteiger partial charge on any atom is 0.254 e. The van der Waals surface area contributed by atoms with Gasteiger partial charge in [-0.25, -0.2) is 0 Å². The van der Waals surface area contributed by atoms with E-state index in [0.717, 1.165) is 23.4 Å². The van der Waals surface area contributed by atoms with Gasteiger partial charge in [0.25, 0.3) is 5.91 Å². The van der Waals surface area contributed by atoms with Gasteiger partial charge < -0.3 is 10.1 Å². The minimum Gasteiger partial charge on any atom is -0.368 e. The first kappa shape index (κ1) is 16.1. The molecular weight excluding hydrogens is 308 g/mol.